The number of benzene rings is 1. The minimum Gasteiger partial charge on any atom is -0.378 e. The van der Waals surface area contributed by atoms with Crippen molar-refractivity contribution in [3.05, 3.63) is 48.5 Å². The minimum absolute atomic E-state index is 0.216. The van der Waals surface area contributed by atoms with E-state index >= 15 is 0 Å². The van der Waals surface area contributed by atoms with E-state index < -0.39 is 11.1 Å². The van der Waals surface area contributed by atoms with Gasteiger partial charge in [-0.3, -0.25) is 9.80 Å². The molecule has 1 atom stereocenters. The van der Waals surface area contributed by atoms with Crippen LogP contribution in [0.2, 0.25) is 0 Å². The van der Waals surface area contributed by atoms with Crippen LogP contribution < -0.4 is 4.90 Å². The zero-order valence-electron chi connectivity index (χ0n) is 19.5. The van der Waals surface area contributed by atoms with Crippen LogP contribution in [-0.2, 0) is 22.4 Å². The zero-order chi connectivity index (χ0) is 23.8. The molecular weight excluding hydrogens is 466 g/mol. The SMILES string of the molecule is O=S(O)CN1CCN(Cc2cn3cc(-c4cccc5[nH]ccc45)nc(N4CCOCC4)c3n2)CC1. The predicted molar refractivity (Wildman–Crippen MR) is 136 cm³/mol. The Morgan fingerprint density at radius 2 is 1.80 bits per heavy atom. The molecule has 35 heavy (non-hydrogen) atoms. The van der Waals surface area contributed by atoms with Gasteiger partial charge in [0.2, 0.25) is 0 Å². The second kappa shape index (κ2) is 9.67. The average Bonchev–Trinajstić information content (AvgIpc) is 3.51. The number of imidazole rings is 1. The number of nitrogens with zero attached hydrogens (tertiary/aromatic N) is 6. The standard InChI is InChI=1S/C24H29N7O3S/c32-35(33)17-29-8-6-28(7-9-29)14-18-15-31-16-22(19-2-1-3-21-20(19)4-5-25-21)27-24(23(31)26-18)30-10-12-34-13-11-30/h1-5,15-16,25H,6-14,17H2,(H,32,33). The summed E-state index contributed by atoms with van der Waals surface area (Å²) in [7, 11) is 0. The maximum Gasteiger partial charge on any atom is 0.180 e. The van der Waals surface area contributed by atoms with Gasteiger partial charge in [0.1, 0.15) is 5.88 Å². The maximum atomic E-state index is 11.1. The van der Waals surface area contributed by atoms with E-state index in [4.69, 9.17) is 19.3 Å². The van der Waals surface area contributed by atoms with E-state index in [0.29, 0.717) is 13.2 Å². The summed E-state index contributed by atoms with van der Waals surface area (Å²) in [5.41, 5.74) is 4.96. The molecule has 0 amide bonds. The predicted octanol–water partition coefficient (Wildman–Crippen LogP) is 2.01. The molecule has 2 fully saturated rings. The van der Waals surface area contributed by atoms with Crippen LogP contribution in [0, 0.1) is 0 Å². The molecule has 0 radical (unpaired) electrons. The van der Waals surface area contributed by atoms with Crippen LogP contribution in [0.3, 0.4) is 0 Å². The van der Waals surface area contributed by atoms with E-state index in [9.17, 15) is 4.21 Å². The molecule has 2 saturated heterocycles. The summed E-state index contributed by atoms with van der Waals surface area (Å²) in [4.78, 5) is 20.1. The first-order valence-corrected chi connectivity index (χ1v) is 13.2. The molecule has 0 bridgehead atoms. The lowest BCUT2D eigenvalue weighted by atomic mass is 10.1. The Bertz CT molecular complexity index is 1360. The van der Waals surface area contributed by atoms with Crippen molar-refractivity contribution in [3.63, 3.8) is 0 Å². The molecule has 184 valence electrons. The number of rotatable bonds is 6. The molecular formula is C24H29N7O3S. The van der Waals surface area contributed by atoms with Crippen molar-refractivity contribution >= 4 is 33.4 Å². The van der Waals surface area contributed by atoms with Gasteiger partial charge in [-0.25, -0.2) is 14.2 Å². The van der Waals surface area contributed by atoms with E-state index in [0.717, 1.165) is 85.1 Å². The first-order chi connectivity index (χ1) is 17.1. The molecule has 5 heterocycles. The minimum atomic E-state index is -1.78. The molecule has 2 aliphatic rings. The van der Waals surface area contributed by atoms with E-state index in [2.05, 4.69) is 55.8 Å². The fourth-order valence-electron chi connectivity index (χ4n) is 5.00. The van der Waals surface area contributed by atoms with Crippen LogP contribution in [0.4, 0.5) is 5.82 Å². The molecule has 2 aliphatic heterocycles. The Kier molecular flexibility index (Phi) is 6.25. The summed E-state index contributed by atoms with van der Waals surface area (Å²) >= 11 is -1.78. The van der Waals surface area contributed by atoms with Gasteiger partial charge in [-0.15, -0.1) is 0 Å². The monoisotopic (exact) mass is 495 g/mol. The quantitative estimate of drug-likeness (QED) is 0.392. The number of morpholine rings is 1. The fourth-order valence-corrected chi connectivity index (χ4v) is 5.57. The number of nitrogens with one attached hydrogen (secondary N) is 1. The molecule has 1 unspecified atom stereocenters. The molecule has 0 aliphatic carbocycles. The molecule has 1 aromatic carbocycles. The number of hydrogen-bond donors (Lipinski definition) is 2. The second-order valence-corrected chi connectivity index (χ2v) is 10.0. The number of aromatic nitrogens is 4. The fraction of sp³-hybridized carbons (Fsp3) is 0.417. The summed E-state index contributed by atoms with van der Waals surface area (Å²) in [5.74, 6) is 1.10. The van der Waals surface area contributed by atoms with Gasteiger partial charge in [0, 0.05) is 80.9 Å². The van der Waals surface area contributed by atoms with Crippen LogP contribution in [0.25, 0.3) is 27.8 Å². The molecule has 0 spiro atoms. The van der Waals surface area contributed by atoms with E-state index in [1.807, 2.05) is 11.1 Å². The lowest BCUT2D eigenvalue weighted by Crippen LogP contribution is -2.46. The largest absolute Gasteiger partial charge is 0.378 e. The molecule has 6 rings (SSSR count). The number of hydrogen-bond acceptors (Lipinski definition) is 7. The van der Waals surface area contributed by atoms with E-state index in [1.165, 1.54) is 0 Å². The van der Waals surface area contributed by atoms with Crippen LogP contribution in [0.15, 0.2) is 42.9 Å². The van der Waals surface area contributed by atoms with Gasteiger partial charge in [0.25, 0.3) is 0 Å². The summed E-state index contributed by atoms with van der Waals surface area (Å²) in [6, 6.07) is 8.34. The highest BCUT2D eigenvalue weighted by molar-refractivity contribution is 7.79. The van der Waals surface area contributed by atoms with Crippen molar-refractivity contribution in [2.75, 3.05) is 63.3 Å². The summed E-state index contributed by atoms with van der Waals surface area (Å²) in [6.45, 7) is 6.94. The highest BCUT2D eigenvalue weighted by Gasteiger charge is 2.22. The number of aromatic amines is 1. The summed E-state index contributed by atoms with van der Waals surface area (Å²) in [6.07, 6.45) is 6.14. The average molecular weight is 496 g/mol. The third-order valence-corrected chi connectivity index (χ3v) is 7.38. The zero-order valence-corrected chi connectivity index (χ0v) is 20.3. The number of ether oxygens (including phenoxy) is 1. The van der Waals surface area contributed by atoms with Crippen molar-refractivity contribution in [1.82, 2.24) is 29.2 Å². The van der Waals surface area contributed by atoms with Crippen LogP contribution in [0.5, 0.6) is 0 Å². The highest BCUT2D eigenvalue weighted by Crippen LogP contribution is 2.30. The van der Waals surface area contributed by atoms with Gasteiger partial charge in [0.15, 0.2) is 22.5 Å². The summed E-state index contributed by atoms with van der Waals surface area (Å²) in [5, 5.41) is 1.15. The van der Waals surface area contributed by atoms with Gasteiger partial charge < -0.3 is 23.6 Å². The number of anilines is 1. The first kappa shape index (κ1) is 22.6. The Labute approximate surface area is 205 Å². The molecule has 11 heteroatoms. The topological polar surface area (TPSA) is 102 Å². The van der Waals surface area contributed by atoms with E-state index in [-0.39, 0.29) is 5.88 Å². The molecule has 3 aromatic heterocycles. The second-order valence-electron chi connectivity index (χ2n) is 9.10. The van der Waals surface area contributed by atoms with Crippen molar-refractivity contribution < 1.29 is 13.5 Å². The Morgan fingerprint density at radius 1 is 1.00 bits per heavy atom. The number of piperazine rings is 1. The molecule has 4 aromatic rings. The Balaban J connectivity index is 1.33. The van der Waals surface area contributed by atoms with Crippen LogP contribution in [-0.4, -0.2) is 96.3 Å². The van der Waals surface area contributed by atoms with Crippen molar-refractivity contribution in [1.29, 1.82) is 0 Å². The first-order valence-electron chi connectivity index (χ1n) is 11.9. The normalized spacial score (nSPS) is 19.1. The lowest BCUT2D eigenvalue weighted by Gasteiger charge is -2.33. The molecule has 2 N–H and O–H groups in total. The Hall–Kier alpha value is -2.83. The number of fused-ring (bicyclic) bond motifs is 2. The summed E-state index contributed by atoms with van der Waals surface area (Å²) < 4.78 is 28.0. The lowest BCUT2D eigenvalue weighted by molar-refractivity contribution is 0.122. The molecule has 0 saturated carbocycles. The molecule has 10 nitrogen and oxygen atoms in total. The maximum absolute atomic E-state index is 11.1. The van der Waals surface area contributed by atoms with Crippen LogP contribution >= 0.6 is 0 Å². The van der Waals surface area contributed by atoms with Crippen LogP contribution in [0.1, 0.15) is 5.69 Å². The number of H-pyrrole nitrogens is 1. The highest BCUT2D eigenvalue weighted by atomic mass is 32.2. The smallest absolute Gasteiger partial charge is 0.180 e. The third-order valence-electron chi connectivity index (χ3n) is 6.79. The third kappa shape index (κ3) is 4.69. The van der Waals surface area contributed by atoms with Crippen molar-refractivity contribution in [2.24, 2.45) is 0 Å². The van der Waals surface area contributed by atoms with Gasteiger partial charge in [-0.2, -0.15) is 0 Å². The Morgan fingerprint density at radius 3 is 2.60 bits per heavy atom. The van der Waals surface area contributed by atoms with Crippen molar-refractivity contribution in [3.8, 4) is 11.3 Å². The van der Waals surface area contributed by atoms with Gasteiger partial charge in [-0.1, -0.05) is 12.1 Å². The van der Waals surface area contributed by atoms with E-state index in [1.54, 1.807) is 0 Å². The van der Waals surface area contributed by atoms with Crippen molar-refractivity contribution in [2.45, 2.75) is 6.54 Å². The van der Waals surface area contributed by atoms with Gasteiger partial charge in [-0.05, 0) is 12.1 Å². The van der Waals surface area contributed by atoms with Gasteiger partial charge in [0.05, 0.1) is 24.6 Å². The van der Waals surface area contributed by atoms with Gasteiger partial charge >= 0.3 is 0 Å².